The first-order chi connectivity index (χ1) is 9.13. The maximum absolute atomic E-state index is 5.89. The topological polar surface area (TPSA) is 29.9 Å². The van der Waals surface area contributed by atoms with Crippen LogP contribution < -0.4 is 5.32 Å². The Balaban J connectivity index is 1.80. The van der Waals surface area contributed by atoms with Crippen molar-refractivity contribution in [3.63, 3.8) is 0 Å². The summed E-state index contributed by atoms with van der Waals surface area (Å²) in [6, 6.07) is 8.90. The van der Waals surface area contributed by atoms with Gasteiger partial charge < -0.3 is 9.88 Å². The zero-order valence-corrected chi connectivity index (χ0v) is 12.1. The van der Waals surface area contributed by atoms with Crippen LogP contribution in [0.4, 0.5) is 0 Å². The third-order valence-corrected chi connectivity index (χ3v) is 3.32. The van der Waals surface area contributed by atoms with E-state index in [-0.39, 0.29) is 0 Å². The minimum Gasteiger partial charge on any atom is -0.336 e. The van der Waals surface area contributed by atoms with Gasteiger partial charge in [-0.15, -0.1) is 0 Å². The Morgan fingerprint density at radius 1 is 1.21 bits per heavy atom. The van der Waals surface area contributed by atoms with Crippen molar-refractivity contribution in [2.75, 3.05) is 0 Å². The molecule has 2 unspecified atom stereocenters. The molecule has 0 saturated carbocycles. The van der Waals surface area contributed by atoms with Crippen LogP contribution >= 0.6 is 11.6 Å². The quantitative estimate of drug-likeness (QED) is 0.879. The predicted octanol–water partition coefficient (Wildman–Crippen LogP) is 3.15. The van der Waals surface area contributed by atoms with Gasteiger partial charge in [0.2, 0.25) is 0 Å². The van der Waals surface area contributed by atoms with Crippen LogP contribution in [0.3, 0.4) is 0 Å². The van der Waals surface area contributed by atoms with Crippen LogP contribution in [0, 0.1) is 0 Å². The van der Waals surface area contributed by atoms with Crippen LogP contribution in [0.25, 0.3) is 0 Å². The molecule has 2 aromatic rings. The lowest BCUT2D eigenvalue weighted by molar-refractivity contribution is 0.421. The number of rotatable bonds is 6. The molecule has 0 fully saturated rings. The second-order valence-electron chi connectivity index (χ2n) is 5.06. The third kappa shape index (κ3) is 4.69. The molecule has 2 rings (SSSR count). The Hall–Kier alpha value is -1.32. The first kappa shape index (κ1) is 14.1. The fraction of sp³-hybridized carbons (Fsp3) is 0.400. The molecule has 0 radical (unpaired) electrons. The molecule has 0 saturated heterocycles. The molecule has 0 aliphatic heterocycles. The lowest BCUT2D eigenvalue weighted by Gasteiger charge is -2.20. The van der Waals surface area contributed by atoms with E-state index in [0.29, 0.717) is 12.1 Å². The average molecular weight is 278 g/mol. The van der Waals surface area contributed by atoms with Gasteiger partial charge in [0, 0.05) is 36.0 Å². The van der Waals surface area contributed by atoms with Gasteiger partial charge in [0.05, 0.1) is 6.33 Å². The van der Waals surface area contributed by atoms with Gasteiger partial charge in [-0.2, -0.15) is 0 Å². The average Bonchev–Trinajstić information content (AvgIpc) is 2.84. The predicted molar refractivity (Wildman–Crippen MR) is 79.4 cm³/mol. The second kappa shape index (κ2) is 6.73. The smallest absolute Gasteiger partial charge is 0.0946 e. The Bertz CT molecular complexity index is 479. The van der Waals surface area contributed by atoms with Crippen LogP contribution in [-0.4, -0.2) is 21.6 Å². The molecule has 1 aromatic heterocycles. The number of hydrogen-bond donors (Lipinski definition) is 1. The molecule has 0 aliphatic rings. The minimum atomic E-state index is 0.413. The molecule has 0 bridgehead atoms. The van der Waals surface area contributed by atoms with Gasteiger partial charge >= 0.3 is 0 Å². The maximum atomic E-state index is 5.89. The Morgan fingerprint density at radius 2 is 1.95 bits per heavy atom. The van der Waals surface area contributed by atoms with E-state index in [4.69, 9.17) is 11.6 Å². The van der Waals surface area contributed by atoms with Crippen molar-refractivity contribution >= 4 is 11.6 Å². The normalized spacial score (nSPS) is 14.3. The van der Waals surface area contributed by atoms with E-state index >= 15 is 0 Å². The van der Waals surface area contributed by atoms with Gasteiger partial charge in [-0.3, -0.25) is 0 Å². The summed E-state index contributed by atoms with van der Waals surface area (Å²) >= 11 is 5.89. The highest BCUT2D eigenvalue weighted by atomic mass is 35.5. The first-order valence-corrected chi connectivity index (χ1v) is 6.97. The number of nitrogens with one attached hydrogen (secondary N) is 1. The number of imidazole rings is 1. The monoisotopic (exact) mass is 277 g/mol. The number of nitrogens with zero attached hydrogens (tertiary/aromatic N) is 2. The minimum absolute atomic E-state index is 0.413. The van der Waals surface area contributed by atoms with Gasteiger partial charge in [0.1, 0.15) is 0 Å². The van der Waals surface area contributed by atoms with Crippen molar-refractivity contribution < 1.29 is 0 Å². The summed E-state index contributed by atoms with van der Waals surface area (Å²) in [5.41, 5.74) is 1.30. The Labute approximate surface area is 119 Å². The van der Waals surface area contributed by atoms with Gasteiger partial charge in [0.25, 0.3) is 0 Å². The molecule has 0 aliphatic carbocycles. The highest BCUT2D eigenvalue weighted by Crippen LogP contribution is 2.11. The second-order valence-corrected chi connectivity index (χ2v) is 5.50. The maximum Gasteiger partial charge on any atom is 0.0946 e. The van der Waals surface area contributed by atoms with Crippen molar-refractivity contribution in [3.05, 3.63) is 53.6 Å². The van der Waals surface area contributed by atoms with Crippen LogP contribution in [0.2, 0.25) is 5.02 Å². The van der Waals surface area contributed by atoms with E-state index in [1.807, 2.05) is 30.9 Å². The molecule has 0 amide bonds. The molecule has 2 atom stereocenters. The van der Waals surface area contributed by atoms with Gasteiger partial charge in [0.15, 0.2) is 0 Å². The lowest BCUT2D eigenvalue weighted by atomic mass is 10.1. The van der Waals surface area contributed by atoms with Crippen molar-refractivity contribution in [1.82, 2.24) is 14.9 Å². The Kier molecular flexibility index (Phi) is 5.00. The molecular weight excluding hydrogens is 258 g/mol. The van der Waals surface area contributed by atoms with Crippen LogP contribution in [-0.2, 0) is 13.0 Å². The number of benzene rings is 1. The Morgan fingerprint density at radius 3 is 2.58 bits per heavy atom. The summed E-state index contributed by atoms with van der Waals surface area (Å²) < 4.78 is 2.09. The molecule has 0 spiro atoms. The van der Waals surface area contributed by atoms with Gasteiger partial charge in [-0.1, -0.05) is 23.7 Å². The molecule has 1 aromatic carbocycles. The summed E-state index contributed by atoms with van der Waals surface area (Å²) in [5, 5.41) is 4.39. The summed E-state index contributed by atoms with van der Waals surface area (Å²) in [6.45, 7) is 5.34. The fourth-order valence-electron chi connectivity index (χ4n) is 2.28. The van der Waals surface area contributed by atoms with Gasteiger partial charge in [-0.25, -0.2) is 4.98 Å². The van der Waals surface area contributed by atoms with Crippen molar-refractivity contribution in [1.29, 1.82) is 0 Å². The largest absolute Gasteiger partial charge is 0.336 e. The highest BCUT2D eigenvalue weighted by molar-refractivity contribution is 6.30. The van der Waals surface area contributed by atoms with Crippen molar-refractivity contribution in [2.24, 2.45) is 0 Å². The van der Waals surface area contributed by atoms with Crippen LogP contribution in [0.1, 0.15) is 19.4 Å². The SMILES string of the molecule is CC(Cc1ccc(Cl)cc1)NC(C)Cn1ccnc1. The summed E-state index contributed by atoms with van der Waals surface area (Å²) in [7, 11) is 0. The van der Waals surface area contributed by atoms with E-state index in [1.165, 1.54) is 5.56 Å². The molecule has 1 heterocycles. The number of hydrogen-bond acceptors (Lipinski definition) is 2. The molecule has 19 heavy (non-hydrogen) atoms. The van der Waals surface area contributed by atoms with E-state index in [0.717, 1.165) is 18.0 Å². The number of halogens is 1. The van der Waals surface area contributed by atoms with E-state index in [2.05, 4.69) is 40.8 Å². The zero-order chi connectivity index (χ0) is 13.7. The summed E-state index contributed by atoms with van der Waals surface area (Å²) in [4.78, 5) is 4.05. The molecule has 1 N–H and O–H groups in total. The number of aromatic nitrogens is 2. The molecular formula is C15H20ClN3. The van der Waals surface area contributed by atoms with E-state index in [9.17, 15) is 0 Å². The van der Waals surface area contributed by atoms with Crippen molar-refractivity contribution in [3.8, 4) is 0 Å². The molecule has 4 heteroatoms. The summed E-state index contributed by atoms with van der Waals surface area (Å²) in [6.07, 6.45) is 6.65. The van der Waals surface area contributed by atoms with Crippen LogP contribution in [0.15, 0.2) is 43.0 Å². The van der Waals surface area contributed by atoms with E-state index in [1.54, 1.807) is 0 Å². The molecule has 3 nitrogen and oxygen atoms in total. The highest BCUT2D eigenvalue weighted by Gasteiger charge is 2.08. The third-order valence-electron chi connectivity index (χ3n) is 3.07. The first-order valence-electron chi connectivity index (χ1n) is 6.59. The lowest BCUT2D eigenvalue weighted by Crippen LogP contribution is -2.38. The zero-order valence-electron chi connectivity index (χ0n) is 11.4. The summed E-state index contributed by atoms with van der Waals surface area (Å²) in [5.74, 6) is 0. The fourth-order valence-corrected chi connectivity index (χ4v) is 2.41. The van der Waals surface area contributed by atoms with E-state index < -0.39 is 0 Å². The molecule has 102 valence electrons. The van der Waals surface area contributed by atoms with Gasteiger partial charge in [-0.05, 0) is 38.0 Å². The standard InChI is InChI=1S/C15H20ClN3/c1-12(9-14-3-5-15(16)6-4-14)18-13(2)10-19-8-7-17-11-19/h3-8,11-13,18H,9-10H2,1-2H3. The van der Waals surface area contributed by atoms with Crippen molar-refractivity contribution in [2.45, 2.75) is 38.9 Å². The van der Waals surface area contributed by atoms with Crippen LogP contribution in [0.5, 0.6) is 0 Å².